The van der Waals surface area contributed by atoms with Crippen molar-refractivity contribution in [3.05, 3.63) is 24.8 Å². The lowest BCUT2D eigenvalue weighted by molar-refractivity contribution is -0.114. The van der Waals surface area contributed by atoms with Crippen molar-refractivity contribution in [3.63, 3.8) is 0 Å². The van der Waals surface area contributed by atoms with Crippen LogP contribution in [0.3, 0.4) is 0 Å². The molecule has 1 amide bonds. The summed E-state index contributed by atoms with van der Waals surface area (Å²) in [5.74, 6) is -0.319. The first-order chi connectivity index (χ1) is 4.29. The summed E-state index contributed by atoms with van der Waals surface area (Å²) in [4.78, 5) is 13.8. The molecule has 9 heavy (non-hydrogen) atoms. The van der Waals surface area contributed by atoms with Crippen molar-refractivity contribution in [2.45, 2.75) is 0 Å². The van der Waals surface area contributed by atoms with E-state index in [1.165, 1.54) is 12.5 Å². The molecule has 2 N–H and O–H groups in total. The maximum Gasteiger partial charge on any atom is 0.231 e. The van der Waals surface area contributed by atoms with E-state index in [1.807, 2.05) is 0 Å². The predicted molar refractivity (Wildman–Crippen MR) is 29.1 cm³/mol. The molecule has 0 bridgehead atoms. The van der Waals surface area contributed by atoms with E-state index >= 15 is 0 Å². The summed E-state index contributed by atoms with van der Waals surface area (Å²) in [6, 6.07) is 0. The second-order valence-corrected chi connectivity index (χ2v) is 1.42. The van der Waals surface area contributed by atoms with Gasteiger partial charge in [0.05, 0.1) is 6.20 Å². The number of aromatic nitrogens is 1. The molecule has 0 aliphatic heterocycles. The third-order valence-corrected chi connectivity index (χ3v) is 0.717. The summed E-state index contributed by atoms with van der Waals surface area (Å²) in [6.07, 6.45) is 3.92. The number of hydrogen-bond donors (Lipinski definition) is 1. The van der Waals surface area contributed by atoms with Gasteiger partial charge in [-0.25, -0.2) is 4.98 Å². The van der Waals surface area contributed by atoms with Crippen LogP contribution in [0.4, 0.5) is 0 Å². The molecule has 1 rings (SSSR count). The predicted octanol–water partition coefficient (Wildman–Crippen LogP) is -0.288. The standard InChI is InChI=1S/C5H5N2O2/c6-4(8)3-5-7-1-2-9-5/h1-3H,(H2,6,8). The average molecular weight is 125 g/mol. The molecular weight excluding hydrogens is 120 g/mol. The third-order valence-electron chi connectivity index (χ3n) is 0.717. The Kier molecular flexibility index (Phi) is 1.48. The minimum atomic E-state index is -0.558. The van der Waals surface area contributed by atoms with Crippen LogP contribution in [0, 0.1) is 6.42 Å². The first-order valence-electron chi connectivity index (χ1n) is 2.33. The van der Waals surface area contributed by atoms with Gasteiger partial charge in [-0.15, -0.1) is 0 Å². The van der Waals surface area contributed by atoms with Crippen LogP contribution in [0.25, 0.3) is 0 Å². The molecule has 0 aliphatic carbocycles. The second-order valence-electron chi connectivity index (χ2n) is 1.42. The summed E-state index contributed by atoms with van der Waals surface area (Å²) in [6.45, 7) is 0. The quantitative estimate of drug-likeness (QED) is 0.590. The highest BCUT2D eigenvalue weighted by atomic mass is 16.3. The zero-order valence-corrected chi connectivity index (χ0v) is 4.57. The van der Waals surface area contributed by atoms with E-state index in [-0.39, 0.29) is 5.89 Å². The molecule has 4 heteroatoms. The molecule has 0 unspecified atom stereocenters. The van der Waals surface area contributed by atoms with Crippen molar-refractivity contribution in [3.8, 4) is 0 Å². The molecular formula is C5H5N2O2. The van der Waals surface area contributed by atoms with Crippen LogP contribution in [0.2, 0.25) is 0 Å². The number of carbonyl (C=O) groups excluding carboxylic acids is 1. The van der Waals surface area contributed by atoms with Gasteiger partial charge in [0.15, 0.2) is 0 Å². The number of amides is 1. The van der Waals surface area contributed by atoms with Crippen LogP contribution < -0.4 is 5.73 Å². The highest BCUT2D eigenvalue weighted by Gasteiger charge is 2.01. The summed E-state index contributed by atoms with van der Waals surface area (Å²) in [5.41, 5.74) is 4.79. The Balaban J connectivity index is 2.58. The van der Waals surface area contributed by atoms with Crippen LogP contribution in [0.1, 0.15) is 5.89 Å². The van der Waals surface area contributed by atoms with Gasteiger partial charge in [-0.05, 0) is 0 Å². The number of oxazole rings is 1. The Morgan fingerprint density at radius 3 is 3.11 bits per heavy atom. The largest absolute Gasteiger partial charge is 0.448 e. The van der Waals surface area contributed by atoms with E-state index < -0.39 is 5.91 Å². The number of primary amides is 1. The molecule has 1 radical (unpaired) electrons. The van der Waals surface area contributed by atoms with Gasteiger partial charge < -0.3 is 10.2 Å². The zero-order valence-electron chi connectivity index (χ0n) is 4.57. The van der Waals surface area contributed by atoms with E-state index in [9.17, 15) is 4.79 Å². The van der Waals surface area contributed by atoms with Gasteiger partial charge in [0.25, 0.3) is 0 Å². The fraction of sp³-hybridized carbons (Fsp3) is 0. The topological polar surface area (TPSA) is 69.1 Å². The van der Waals surface area contributed by atoms with E-state index in [1.54, 1.807) is 0 Å². The van der Waals surface area contributed by atoms with Crippen molar-refractivity contribution in [2.75, 3.05) is 0 Å². The molecule has 0 aromatic carbocycles. The molecule has 0 saturated carbocycles. The highest BCUT2D eigenvalue weighted by molar-refractivity contribution is 5.85. The van der Waals surface area contributed by atoms with E-state index in [2.05, 4.69) is 9.40 Å². The fourth-order valence-electron chi connectivity index (χ4n) is 0.427. The van der Waals surface area contributed by atoms with Crippen LogP contribution in [0.15, 0.2) is 16.9 Å². The summed E-state index contributed by atoms with van der Waals surface area (Å²) in [7, 11) is 0. The van der Waals surface area contributed by atoms with Crippen molar-refractivity contribution in [1.29, 1.82) is 0 Å². The lowest BCUT2D eigenvalue weighted by Crippen LogP contribution is -2.11. The van der Waals surface area contributed by atoms with E-state index in [0.29, 0.717) is 0 Å². The number of carbonyl (C=O) groups is 1. The minimum Gasteiger partial charge on any atom is -0.448 e. The molecule has 0 atom stereocenters. The van der Waals surface area contributed by atoms with Gasteiger partial charge in [0.2, 0.25) is 11.8 Å². The van der Waals surface area contributed by atoms with Gasteiger partial charge in [-0.3, -0.25) is 4.79 Å². The lowest BCUT2D eigenvalue weighted by Gasteiger charge is -1.83. The van der Waals surface area contributed by atoms with E-state index in [4.69, 9.17) is 5.73 Å². The highest BCUT2D eigenvalue weighted by Crippen LogP contribution is 1.95. The van der Waals surface area contributed by atoms with Crippen molar-refractivity contribution in [2.24, 2.45) is 5.73 Å². The maximum atomic E-state index is 10.1. The molecule has 0 aliphatic rings. The summed E-state index contributed by atoms with van der Waals surface area (Å²) in [5, 5.41) is 0. The lowest BCUT2D eigenvalue weighted by atomic mass is 10.4. The first-order valence-corrected chi connectivity index (χ1v) is 2.33. The number of nitrogens with zero attached hydrogens (tertiary/aromatic N) is 1. The molecule has 47 valence electrons. The molecule has 1 aromatic rings. The zero-order chi connectivity index (χ0) is 6.69. The molecule has 1 heterocycles. The number of rotatable bonds is 2. The minimum absolute atomic E-state index is 0.238. The van der Waals surface area contributed by atoms with Crippen molar-refractivity contribution in [1.82, 2.24) is 4.98 Å². The maximum absolute atomic E-state index is 10.1. The Bertz CT molecular complexity index is 193. The monoisotopic (exact) mass is 125 g/mol. The molecule has 4 nitrogen and oxygen atoms in total. The average Bonchev–Trinajstić information content (AvgIpc) is 2.15. The van der Waals surface area contributed by atoms with Crippen molar-refractivity contribution >= 4 is 5.91 Å². The second kappa shape index (κ2) is 2.30. The summed E-state index contributed by atoms with van der Waals surface area (Å²) < 4.78 is 4.68. The van der Waals surface area contributed by atoms with Crippen LogP contribution in [0.5, 0.6) is 0 Å². The fourth-order valence-corrected chi connectivity index (χ4v) is 0.427. The Labute approximate surface area is 51.7 Å². The molecule has 1 aromatic heterocycles. The molecule has 0 spiro atoms. The van der Waals surface area contributed by atoms with Gasteiger partial charge >= 0.3 is 0 Å². The summed E-state index contributed by atoms with van der Waals surface area (Å²) >= 11 is 0. The molecule has 0 fully saturated rings. The van der Waals surface area contributed by atoms with Crippen molar-refractivity contribution < 1.29 is 9.21 Å². The first kappa shape index (κ1) is 5.81. The smallest absolute Gasteiger partial charge is 0.231 e. The number of nitrogens with two attached hydrogens (primary N) is 1. The Morgan fingerprint density at radius 1 is 1.89 bits per heavy atom. The van der Waals surface area contributed by atoms with Gasteiger partial charge in [0.1, 0.15) is 12.7 Å². The Morgan fingerprint density at radius 2 is 2.67 bits per heavy atom. The van der Waals surface area contributed by atoms with Crippen LogP contribution in [-0.2, 0) is 4.79 Å². The Hall–Kier alpha value is -1.32. The molecule has 0 saturated heterocycles. The van der Waals surface area contributed by atoms with Gasteiger partial charge in [-0.2, -0.15) is 0 Å². The van der Waals surface area contributed by atoms with E-state index in [0.717, 1.165) is 6.42 Å². The normalized spacial score (nSPS) is 9.33. The van der Waals surface area contributed by atoms with Crippen LogP contribution >= 0.6 is 0 Å². The number of hydrogen-bond acceptors (Lipinski definition) is 3. The SMILES string of the molecule is NC(=O)[CH]c1ncco1. The third kappa shape index (κ3) is 1.56. The van der Waals surface area contributed by atoms with Crippen LogP contribution in [-0.4, -0.2) is 10.9 Å². The van der Waals surface area contributed by atoms with Gasteiger partial charge in [0, 0.05) is 0 Å². The van der Waals surface area contributed by atoms with Gasteiger partial charge in [-0.1, -0.05) is 0 Å².